The minimum absolute atomic E-state index is 0.381. The van der Waals surface area contributed by atoms with Crippen molar-refractivity contribution in [3.05, 3.63) is 70.8 Å². The summed E-state index contributed by atoms with van der Waals surface area (Å²) in [4.78, 5) is 11.2. The van der Waals surface area contributed by atoms with Crippen LogP contribution in [0.1, 0.15) is 39.9 Å². The Morgan fingerprint density at radius 2 is 1.33 bits per heavy atom. The van der Waals surface area contributed by atoms with Gasteiger partial charge in [0.1, 0.15) is 0 Å². The standard InChI is InChI=1S/C18H18F3NO2/c19-18(20,21)16-11-7-14(8-12-16)4-2-1-3-13-5-9-15(10-6-13)17(23)22-24/h5-12,24H,1-4H2,(H,22,23). The first-order chi connectivity index (χ1) is 11.4. The Balaban J connectivity index is 1.77. The van der Waals surface area contributed by atoms with Gasteiger partial charge >= 0.3 is 6.18 Å². The van der Waals surface area contributed by atoms with Gasteiger partial charge in [0.2, 0.25) is 0 Å². The second kappa shape index (κ2) is 7.97. The summed E-state index contributed by atoms with van der Waals surface area (Å²) in [7, 11) is 0. The molecule has 24 heavy (non-hydrogen) atoms. The molecule has 0 unspecified atom stereocenters. The molecule has 0 aliphatic heterocycles. The molecule has 2 rings (SSSR count). The minimum atomic E-state index is -4.29. The van der Waals surface area contributed by atoms with Crippen LogP contribution in [0.15, 0.2) is 48.5 Å². The summed E-state index contributed by atoms with van der Waals surface area (Å²) in [6.07, 6.45) is -0.987. The highest BCUT2D eigenvalue weighted by Gasteiger charge is 2.29. The van der Waals surface area contributed by atoms with E-state index in [0.717, 1.165) is 48.9 Å². The first kappa shape index (κ1) is 18.0. The van der Waals surface area contributed by atoms with Gasteiger partial charge in [-0.25, -0.2) is 5.48 Å². The van der Waals surface area contributed by atoms with Crippen molar-refractivity contribution in [1.82, 2.24) is 5.48 Å². The number of aryl methyl sites for hydroxylation is 2. The van der Waals surface area contributed by atoms with Crippen LogP contribution in [0.2, 0.25) is 0 Å². The van der Waals surface area contributed by atoms with Gasteiger partial charge in [0.05, 0.1) is 5.56 Å². The van der Waals surface area contributed by atoms with Crippen LogP contribution in [0.25, 0.3) is 0 Å². The molecule has 2 aromatic rings. The van der Waals surface area contributed by atoms with Crippen LogP contribution in [0.3, 0.4) is 0 Å². The molecule has 0 aromatic heterocycles. The first-order valence-electron chi connectivity index (χ1n) is 7.59. The van der Waals surface area contributed by atoms with Crippen molar-refractivity contribution in [3.8, 4) is 0 Å². The van der Waals surface area contributed by atoms with E-state index in [-0.39, 0.29) is 0 Å². The lowest BCUT2D eigenvalue weighted by molar-refractivity contribution is -0.137. The number of hydroxylamine groups is 1. The predicted octanol–water partition coefficient (Wildman–Crippen LogP) is 4.39. The molecule has 0 fully saturated rings. The van der Waals surface area contributed by atoms with E-state index in [2.05, 4.69) is 0 Å². The maximum atomic E-state index is 12.5. The lowest BCUT2D eigenvalue weighted by Gasteiger charge is -2.08. The molecule has 1 amide bonds. The normalized spacial score (nSPS) is 11.3. The molecule has 0 saturated carbocycles. The maximum Gasteiger partial charge on any atom is 0.416 e. The van der Waals surface area contributed by atoms with Crippen LogP contribution >= 0.6 is 0 Å². The number of nitrogens with one attached hydrogen (secondary N) is 1. The fraction of sp³-hybridized carbons (Fsp3) is 0.278. The number of carbonyl (C=O) groups excluding carboxylic acids is 1. The fourth-order valence-electron chi connectivity index (χ4n) is 2.41. The van der Waals surface area contributed by atoms with Crippen molar-refractivity contribution in [2.75, 3.05) is 0 Å². The zero-order valence-electron chi connectivity index (χ0n) is 12.9. The Bertz CT molecular complexity index is 664. The van der Waals surface area contributed by atoms with Crippen LogP contribution in [-0.2, 0) is 19.0 Å². The van der Waals surface area contributed by atoms with Gasteiger partial charge in [0.25, 0.3) is 5.91 Å². The number of amides is 1. The molecule has 0 aliphatic rings. The second-order valence-electron chi connectivity index (χ2n) is 5.54. The van der Waals surface area contributed by atoms with Gasteiger partial charge < -0.3 is 0 Å². The van der Waals surface area contributed by atoms with Crippen LogP contribution in [-0.4, -0.2) is 11.1 Å². The molecule has 0 saturated heterocycles. The van der Waals surface area contributed by atoms with Crippen molar-refractivity contribution in [2.45, 2.75) is 31.9 Å². The maximum absolute atomic E-state index is 12.5. The molecule has 2 aromatic carbocycles. The Labute approximate surface area is 138 Å². The van der Waals surface area contributed by atoms with E-state index in [4.69, 9.17) is 5.21 Å². The van der Waals surface area contributed by atoms with Gasteiger partial charge in [0.15, 0.2) is 0 Å². The minimum Gasteiger partial charge on any atom is -0.288 e. The molecule has 0 aliphatic carbocycles. The molecule has 0 atom stereocenters. The third-order valence-corrected chi connectivity index (χ3v) is 3.78. The highest BCUT2D eigenvalue weighted by molar-refractivity contribution is 5.93. The lowest BCUT2D eigenvalue weighted by Crippen LogP contribution is -2.18. The molecule has 2 N–H and O–H groups in total. The molecule has 6 heteroatoms. The predicted molar refractivity (Wildman–Crippen MR) is 83.8 cm³/mol. The third kappa shape index (κ3) is 5.09. The van der Waals surface area contributed by atoms with Gasteiger partial charge in [-0.15, -0.1) is 0 Å². The smallest absolute Gasteiger partial charge is 0.288 e. The van der Waals surface area contributed by atoms with E-state index >= 15 is 0 Å². The summed E-state index contributed by atoms with van der Waals surface area (Å²) in [5.74, 6) is -0.552. The van der Waals surface area contributed by atoms with E-state index in [1.54, 1.807) is 17.6 Å². The van der Waals surface area contributed by atoms with E-state index in [0.29, 0.717) is 5.56 Å². The largest absolute Gasteiger partial charge is 0.416 e. The Morgan fingerprint density at radius 1 is 0.875 bits per heavy atom. The van der Waals surface area contributed by atoms with Gasteiger partial charge in [-0.05, 0) is 61.1 Å². The summed E-state index contributed by atoms with van der Waals surface area (Å²) >= 11 is 0. The number of hydrogen-bond donors (Lipinski definition) is 2. The summed E-state index contributed by atoms with van der Waals surface area (Å²) in [5.41, 5.74) is 3.28. The summed E-state index contributed by atoms with van der Waals surface area (Å²) in [6, 6.07) is 12.2. The van der Waals surface area contributed by atoms with Crippen LogP contribution < -0.4 is 5.48 Å². The average molecular weight is 337 g/mol. The zero-order valence-corrected chi connectivity index (χ0v) is 12.9. The molecule has 0 radical (unpaired) electrons. The molecular weight excluding hydrogens is 319 g/mol. The lowest BCUT2D eigenvalue weighted by atomic mass is 10.0. The molecular formula is C18H18F3NO2. The first-order valence-corrected chi connectivity index (χ1v) is 7.59. The molecule has 0 bridgehead atoms. The van der Waals surface area contributed by atoms with Crippen molar-refractivity contribution >= 4 is 5.91 Å². The summed E-state index contributed by atoms with van der Waals surface area (Å²) < 4.78 is 37.4. The van der Waals surface area contributed by atoms with Gasteiger partial charge in [0, 0.05) is 5.56 Å². The number of rotatable bonds is 6. The second-order valence-corrected chi connectivity index (χ2v) is 5.54. The summed E-state index contributed by atoms with van der Waals surface area (Å²) in [6.45, 7) is 0. The number of alkyl halides is 3. The Kier molecular flexibility index (Phi) is 5.98. The Morgan fingerprint density at radius 3 is 1.75 bits per heavy atom. The topological polar surface area (TPSA) is 49.3 Å². The number of carbonyl (C=O) groups is 1. The fourth-order valence-corrected chi connectivity index (χ4v) is 2.41. The molecule has 0 spiro atoms. The quantitative estimate of drug-likeness (QED) is 0.467. The van der Waals surface area contributed by atoms with Crippen molar-refractivity contribution in [1.29, 1.82) is 0 Å². The summed E-state index contributed by atoms with van der Waals surface area (Å²) in [5, 5.41) is 8.54. The van der Waals surface area contributed by atoms with Crippen molar-refractivity contribution in [2.24, 2.45) is 0 Å². The number of halogens is 3. The van der Waals surface area contributed by atoms with Gasteiger partial charge in [-0.3, -0.25) is 10.0 Å². The number of unbranched alkanes of at least 4 members (excludes halogenated alkanes) is 1. The zero-order chi connectivity index (χ0) is 17.6. The third-order valence-electron chi connectivity index (χ3n) is 3.78. The van der Waals surface area contributed by atoms with Crippen LogP contribution in [0, 0.1) is 0 Å². The number of benzene rings is 2. The van der Waals surface area contributed by atoms with Gasteiger partial charge in [-0.1, -0.05) is 24.3 Å². The van der Waals surface area contributed by atoms with E-state index < -0.39 is 17.6 Å². The molecule has 128 valence electrons. The monoisotopic (exact) mass is 337 g/mol. The SMILES string of the molecule is O=C(NO)c1ccc(CCCCc2ccc(C(F)(F)F)cc2)cc1. The van der Waals surface area contributed by atoms with Crippen LogP contribution in [0.4, 0.5) is 13.2 Å². The average Bonchev–Trinajstić information content (AvgIpc) is 2.58. The highest BCUT2D eigenvalue weighted by Crippen LogP contribution is 2.29. The highest BCUT2D eigenvalue weighted by atomic mass is 19.4. The number of hydrogen-bond acceptors (Lipinski definition) is 2. The molecule has 3 nitrogen and oxygen atoms in total. The Hall–Kier alpha value is -2.34. The molecule has 0 heterocycles. The van der Waals surface area contributed by atoms with Crippen molar-refractivity contribution < 1.29 is 23.2 Å². The van der Waals surface area contributed by atoms with E-state index in [1.807, 2.05) is 12.1 Å². The van der Waals surface area contributed by atoms with Crippen molar-refractivity contribution in [3.63, 3.8) is 0 Å². The van der Waals surface area contributed by atoms with Crippen LogP contribution in [0.5, 0.6) is 0 Å². The van der Waals surface area contributed by atoms with E-state index in [9.17, 15) is 18.0 Å². The van der Waals surface area contributed by atoms with E-state index in [1.165, 1.54) is 12.1 Å². The van der Waals surface area contributed by atoms with Gasteiger partial charge in [-0.2, -0.15) is 13.2 Å².